The lowest BCUT2D eigenvalue weighted by Gasteiger charge is -2.18. The van der Waals surface area contributed by atoms with Crippen molar-refractivity contribution in [1.82, 2.24) is 0 Å². The number of carbonyl (C=O) groups excluding carboxylic acids is 1. The number of esters is 1. The predicted octanol–water partition coefficient (Wildman–Crippen LogP) is 2.14. The van der Waals surface area contributed by atoms with Crippen molar-refractivity contribution in [2.45, 2.75) is 19.9 Å². The molecule has 1 aromatic rings. The Balaban J connectivity index is 3.40. The van der Waals surface area contributed by atoms with Gasteiger partial charge in [-0.3, -0.25) is 4.79 Å². The molecule has 0 aliphatic carbocycles. The van der Waals surface area contributed by atoms with E-state index in [1.807, 2.05) is 6.92 Å². The van der Waals surface area contributed by atoms with E-state index in [-0.39, 0.29) is 0 Å². The second-order valence-electron chi connectivity index (χ2n) is 3.75. The van der Waals surface area contributed by atoms with E-state index >= 15 is 0 Å². The van der Waals surface area contributed by atoms with Crippen LogP contribution in [0, 0.1) is 13.8 Å². The van der Waals surface area contributed by atoms with Crippen molar-refractivity contribution >= 4 is 17.6 Å². The second-order valence-corrected chi connectivity index (χ2v) is 4.13. The molecule has 5 heteroatoms. The Labute approximate surface area is 106 Å². The molecule has 0 fully saturated rings. The third-order valence-electron chi connectivity index (χ3n) is 2.68. The minimum atomic E-state index is -0.895. The highest BCUT2D eigenvalue weighted by Crippen LogP contribution is 2.35. The van der Waals surface area contributed by atoms with Gasteiger partial charge in [0.05, 0.1) is 14.2 Å². The number of halogens is 1. The maximum Gasteiger partial charge on any atom is 0.327 e. The van der Waals surface area contributed by atoms with E-state index in [1.54, 1.807) is 13.0 Å². The van der Waals surface area contributed by atoms with E-state index in [4.69, 9.17) is 22.1 Å². The van der Waals surface area contributed by atoms with Crippen LogP contribution in [-0.4, -0.2) is 20.2 Å². The SMILES string of the molecule is COC(=O)C(N)c1c(OC)cc(C)c(Cl)c1C. The van der Waals surface area contributed by atoms with Crippen molar-refractivity contribution in [3.05, 3.63) is 27.8 Å². The first kappa shape index (κ1) is 13.8. The highest BCUT2D eigenvalue weighted by Gasteiger charge is 2.24. The minimum absolute atomic E-state index is 0.522. The fourth-order valence-corrected chi connectivity index (χ4v) is 1.89. The molecular weight excluding hydrogens is 242 g/mol. The molecule has 1 rings (SSSR count). The highest BCUT2D eigenvalue weighted by atomic mass is 35.5. The lowest BCUT2D eigenvalue weighted by molar-refractivity contribution is -0.142. The van der Waals surface area contributed by atoms with Crippen molar-refractivity contribution in [3.63, 3.8) is 0 Å². The van der Waals surface area contributed by atoms with Crippen molar-refractivity contribution in [3.8, 4) is 5.75 Å². The summed E-state index contributed by atoms with van der Waals surface area (Å²) in [6.45, 7) is 3.67. The molecule has 1 unspecified atom stereocenters. The first-order valence-electron chi connectivity index (χ1n) is 5.11. The van der Waals surface area contributed by atoms with E-state index < -0.39 is 12.0 Å². The Bertz CT molecular complexity index is 446. The molecular formula is C12H16ClNO3. The van der Waals surface area contributed by atoms with Gasteiger partial charge in [-0.25, -0.2) is 0 Å². The molecule has 0 amide bonds. The third-order valence-corrected chi connectivity index (χ3v) is 3.26. The molecule has 1 aromatic carbocycles. The van der Waals surface area contributed by atoms with Crippen molar-refractivity contribution in [2.24, 2.45) is 5.73 Å². The number of hydrogen-bond acceptors (Lipinski definition) is 4. The Hall–Kier alpha value is -1.26. The summed E-state index contributed by atoms with van der Waals surface area (Å²) < 4.78 is 9.86. The number of methoxy groups -OCH3 is 2. The number of aryl methyl sites for hydroxylation is 1. The van der Waals surface area contributed by atoms with Gasteiger partial charge in [0.25, 0.3) is 0 Å². The van der Waals surface area contributed by atoms with Crippen LogP contribution < -0.4 is 10.5 Å². The lowest BCUT2D eigenvalue weighted by atomic mass is 9.98. The van der Waals surface area contributed by atoms with Crippen LogP contribution in [0.4, 0.5) is 0 Å². The fraction of sp³-hybridized carbons (Fsp3) is 0.417. The van der Waals surface area contributed by atoms with Crippen LogP contribution in [0.25, 0.3) is 0 Å². The summed E-state index contributed by atoms with van der Waals surface area (Å²) in [7, 11) is 2.81. The van der Waals surface area contributed by atoms with E-state index in [1.165, 1.54) is 14.2 Å². The van der Waals surface area contributed by atoms with Crippen LogP contribution in [0.1, 0.15) is 22.7 Å². The van der Waals surface area contributed by atoms with Gasteiger partial charge < -0.3 is 15.2 Å². The average Bonchev–Trinajstić information content (AvgIpc) is 2.33. The van der Waals surface area contributed by atoms with Crippen LogP contribution >= 0.6 is 11.6 Å². The quantitative estimate of drug-likeness (QED) is 0.843. The van der Waals surface area contributed by atoms with Crippen LogP contribution in [0.3, 0.4) is 0 Å². The topological polar surface area (TPSA) is 61.5 Å². The second kappa shape index (κ2) is 5.38. The first-order chi connectivity index (χ1) is 7.93. The summed E-state index contributed by atoms with van der Waals surface area (Å²) in [6.07, 6.45) is 0. The summed E-state index contributed by atoms with van der Waals surface area (Å²) >= 11 is 6.14. The van der Waals surface area contributed by atoms with E-state index in [0.29, 0.717) is 16.3 Å². The molecule has 0 aromatic heterocycles. The van der Waals surface area contributed by atoms with Gasteiger partial charge in [-0.2, -0.15) is 0 Å². The molecule has 4 nitrogen and oxygen atoms in total. The van der Waals surface area contributed by atoms with E-state index in [2.05, 4.69) is 4.74 Å². The molecule has 0 radical (unpaired) electrons. The Morgan fingerprint density at radius 3 is 2.47 bits per heavy atom. The van der Waals surface area contributed by atoms with Crippen LogP contribution in [-0.2, 0) is 9.53 Å². The molecule has 2 N–H and O–H groups in total. The molecule has 0 aliphatic rings. The molecule has 0 bridgehead atoms. The van der Waals surface area contributed by atoms with Gasteiger partial charge >= 0.3 is 5.97 Å². The molecule has 0 aliphatic heterocycles. The zero-order valence-corrected chi connectivity index (χ0v) is 11.1. The molecule has 0 saturated heterocycles. The highest BCUT2D eigenvalue weighted by molar-refractivity contribution is 6.32. The van der Waals surface area contributed by atoms with Gasteiger partial charge in [0, 0.05) is 10.6 Å². The summed E-state index contributed by atoms with van der Waals surface area (Å²) in [5, 5.41) is 0.583. The lowest BCUT2D eigenvalue weighted by Crippen LogP contribution is -2.24. The van der Waals surface area contributed by atoms with Crippen LogP contribution in [0.15, 0.2) is 6.07 Å². The maximum absolute atomic E-state index is 11.5. The zero-order valence-electron chi connectivity index (χ0n) is 10.3. The Kier molecular flexibility index (Phi) is 4.37. The summed E-state index contributed by atoms with van der Waals surface area (Å²) in [6, 6.07) is 0.862. The Morgan fingerprint density at radius 1 is 1.41 bits per heavy atom. The average molecular weight is 258 g/mol. The first-order valence-corrected chi connectivity index (χ1v) is 5.48. The smallest absolute Gasteiger partial charge is 0.327 e. The zero-order chi connectivity index (χ0) is 13.2. The Morgan fingerprint density at radius 2 is 2.00 bits per heavy atom. The number of nitrogens with two attached hydrogens (primary N) is 1. The van der Waals surface area contributed by atoms with Gasteiger partial charge in [-0.1, -0.05) is 11.6 Å². The van der Waals surface area contributed by atoms with E-state index in [9.17, 15) is 4.79 Å². The van der Waals surface area contributed by atoms with Gasteiger partial charge in [0.15, 0.2) is 0 Å². The normalized spacial score (nSPS) is 12.1. The molecule has 94 valence electrons. The van der Waals surface area contributed by atoms with Crippen molar-refractivity contribution in [1.29, 1.82) is 0 Å². The van der Waals surface area contributed by atoms with Crippen molar-refractivity contribution in [2.75, 3.05) is 14.2 Å². The summed E-state index contributed by atoms with van der Waals surface area (Å²) in [4.78, 5) is 11.5. The van der Waals surface area contributed by atoms with Gasteiger partial charge in [-0.15, -0.1) is 0 Å². The number of ether oxygens (including phenoxy) is 2. The molecule has 0 saturated carbocycles. The van der Waals surface area contributed by atoms with E-state index in [0.717, 1.165) is 11.1 Å². The monoisotopic (exact) mass is 257 g/mol. The maximum atomic E-state index is 11.5. The number of carbonyl (C=O) groups is 1. The van der Waals surface area contributed by atoms with Gasteiger partial charge in [0.2, 0.25) is 0 Å². The van der Waals surface area contributed by atoms with Gasteiger partial charge in [-0.05, 0) is 31.0 Å². The van der Waals surface area contributed by atoms with Crippen molar-refractivity contribution < 1.29 is 14.3 Å². The molecule has 0 spiro atoms. The molecule has 17 heavy (non-hydrogen) atoms. The number of hydrogen-bond donors (Lipinski definition) is 1. The fourth-order valence-electron chi connectivity index (χ4n) is 1.74. The van der Waals surface area contributed by atoms with Crippen LogP contribution in [0.2, 0.25) is 5.02 Å². The van der Waals surface area contributed by atoms with Crippen LogP contribution in [0.5, 0.6) is 5.75 Å². The predicted molar refractivity (Wildman–Crippen MR) is 66.4 cm³/mol. The summed E-state index contributed by atoms with van der Waals surface area (Å²) in [5.74, 6) is 0.0219. The number of benzene rings is 1. The summed E-state index contributed by atoms with van der Waals surface area (Å²) in [5.41, 5.74) is 8.01. The standard InChI is InChI=1S/C12H16ClNO3/c1-6-5-8(16-3)9(7(2)10(6)13)11(14)12(15)17-4/h5,11H,14H2,1-4H3. The number of rotatable bonds is 3. The van der Waals surface area contributed by atoms with Gasteiger partial charge in [0.1, 0.15) is 11.8 Å². The third kappa shape index (κ3) is 2.53. The molecule has 0 heterocycles. The minimum Gasteiger partial charge on any atom is -0.496 e. The largest absolute Gasteiger partial charge is 0.496 e. The molecule has 1 atom stereocenters.